The van der Waals surface area contributed by atoms with Crippen molar-refractivity contribution in [3.63, 3.8) is 0 Å². The molecule has 2 N–H and O–H groups in total. The summed E-state index contributed by atoms with van der Waals surface area (Å²) >= 11 is 0. The van der Waals surface area contributed by atoms with Crippen molar-refractivity contribution in [1.82, 2.24) is 15.5 Å². The molecule has 2 aromatic carbocycles. The van der Waals surface area contributed by atoms with Crippen LogP contribution in [0, 0.1) is 0 Å². The summed E-state index contributed by atoms with van der Waals surface area (Å²) in [5.74, 6) is -0.770. The molecule has 3 rings (SSSR count). The largest absolute Gasteiger partial charge is 0.348 e. The van der Waals surface area contributed by atoms with Crippen molar-refractivity contribution in [1.29, 1.82) is 0 Å². The lowest BCUT2D eigenvalue weighted by molar-refractivity contribution is -0.134. The SMILES string of the molecule is C[C@H](NC(=O)CN1C(=O)NC(C)(C)C1=O)c1ccc2ccccc2c1. The molecule has 1 saturated heterocycles. The molecule has 25 heavy (non-hydrogen) atoms. The maximum absolute atomic E-state index is 12.3. The molecule has 4 amide bonds. The Hall–Kier alpha value is -2.89. The number of hydrogen-bond acceptors (Lipinski definition) is 3. The van der Waals surface area contributed by atoms with Crippen LogP contribution in [-0.4, -0.2) is 34.8 Å². The number of benzene rings is 2. The van der Waals surface area contributed by atoms with Crippen molar-refractivity contribution in [3.8, 4) is 0 Å². The van der Waals surface area contributed by atoms with Crippen LogP contribution >= 0.6 is 0 Å². The first-order chi connectivity index (χ1) is 11.8. The zero-order valence-corrected chi connectivity index (χ0v) is 14.5. The summed E-state index contributed by atoms with van der Waals surface area (Å²) in [6, 6.07) is 13.2. The maximum Gasteiger partial charge on any atom is 0.325 e. The molecule has 0 spiro atoms. The van der Waals surface area contributed by atoms with Gasteiger partial charge in [-0.1, -0.05) is 36.4 Å². The van der Waals surface area contributed by atoms with Crippen molar-refractivity contribution in [2.75, 3.05) is 6.54 Å². The van der Waals surface area contributed by atoms with E-state index in [-0.39, 0.29) is 18.5 Å². The predicted molar refractivity (Wildman–Crippen MR) is 94.8 cm³/mol. The van der Waals surface area contributed by atoms with Crippen molar-refractivity contribution in [2.45, 2.75) is 32.4 Å². The third kappa shape index (κ3) is 3.33. The fourth-order valence-corrected chi connectivity index (χ4v) is 2.95. The molecule has 1 heterocycles. The van der Waals surface area contributed by atoms with E-state index in [1.807, 2.05) is 49.4 Å². The smallest absolute Gasteiger partial charge is 0.325 e. The monoisotopic (exact) mass is 339 g/mol. The number of nitrogens with zero attached hydrogens (tertiary/aromatic N) is 1. The van der Waals surface area contributed by atoms with Gasteiger partial charge in [-0.3, -0.25) is 14.5 Å². The van der Waals surface area contributed by atoms with Gasteiger partial charge in [-0.15, -0.1) is 0 Å². The van der Waals surface area contributed by atoms with Gasteiger partial charge in [-0.25, -0.2) is 4.79 Å². The number of urea groups is 1. The van der Waals surface area contributed by atoms with Crippen LogP contribution in [0.1, 0.15) is 32.4 Å². The second kappa shape index (κ2) is 6.20. The van der Waals surface area contributed by atoms with Crippen LogP contribution in [0.25, 0.3) is 10.8 Å². The van der Waals surface area contributed by atoms with E-state index in [2.05, 4.69) is 10.6 Å². The van der Waals surface area contributed by atoms with Crippen LogP contribution in [0.5, 0.6) is 0 Å². The fourth-order valence-electron chi connectivity index (χ4n) is 2.95. The van der Waals surface area contributed by atoms with Crippen LogP contribution in [-0.2, 0) is 9.59 Å². The Morgan fingerprint density at radius 2 is 1.84 bits per heavy atom. The van der Waals surface area contributed by atoms with Crippen LogP contribution < -0.4 is 10.6 Å². The molecule has 0 aliphatic carbocycles. The molecule has 6 nitrogen and oxygen atoms in total. The van der Waals surface area contributed by atoms with Crippen LogP contribution in [0.2, 0.25) is 0 Å². The fraction of sp³-hybridized carbons (Fsp3) is 0.316. The number of amides is 4. The number of fused-ring (bicyclic) bond motifs is 1. The van der Waals surface area contributed by atoms with Gasteiger partial charge in [0.2, 0.25) is 5.91 Å². The highest BCUT2D eigenvalue weighted by atomic mass is 16.2. The lowest BCUT2D eigenvalue weighted by Crippen LogP contribution is -2.43. The Kier molecular flexibility index (Phi) is 4.20. The molecular formula is C19H21N3O3. The molecule has 0 radical (unpaired) electrons. The molecule has 0 aromatic heterocycles. The number of imide groups is 1. The van der Waals surface area contributed by atoms with E-state index in [0.29, 0.717) is 0 Å². The molecule has 0 saturated carbocycles. The van der Waals surface area contributed by atoms with Crippen LogP contribution in [0.3, 0.4) is 0 Å². The summed E-state index contributed by atoms with van der Waals surface area (Å²) in [5, 5.41) is 7.63. The van der Waals surface area contributed by atoms with E-state index in [1.54, 1.807) is 13.8 Å². The van der Waals surface area contributed by atoms with Gasteiger partial charge >= 0.3 is 6.03 Å². The van der Waals surface area contributed by atoms with Gasteiger partial charge in [0.15, 0.2) is 0 Å². The Morgan fingerprint density at radius 1 is 1.16 bits per heavy atom. The third-order valence-electron chi connectivity index (χ3n) is 4.40. The molecule has 0 unspecified atom stereocenters. The predicted octanol–water partition coefficient (Wildman–Crippen LogP) is 2.35. The van der Waals surface area contributed by atoms with Crippen LogP contribution in [0.4, 0.5) is 4.79 Å². The summed E-state index contributed by atoms with van der Waals surface area (Å²) < 4.78 is 0. The lowest BCUT2D eigenvalue weighted by atomic mass is 10.0. The van der Waals surface area contributed by atoms with Crippen molar-refractivity contribution < 1.29 is 14.4 Å². The maximum atomic E-state index is 12.3. The first kappa shape index (κ1) is 17.0. The second-order valence-electron chi connectivity index (χ2n) is 6.84. The Morgan fingerprint density at radius 3 is 2.48 bits per heavy atom. The Balaban J connectivity index is 1.68. The number of nitrogens with one attached hydrogen (secondary N) is 2. The third-order valence-corrected chi connectivity index (χ3v) is 4.40. The highest BCUT2D eigenvalue weighted by Crippen LogP contribution is 2.21. The van der Waals surface area contributed by atoms with E-state index in [0.717, 1.165) is 21.2 Å². The Labute approximate surface area is 146 Å². The minimum atomic E-state index is -0.971. The van der Waals surface area contributed by atoms with Gasteiger partial charge in [-0.2, -0.15) is 0 Å². The van der Waals surface area contributed by atoms with E-state index in [1.165, 1.54) is 0 Å². The number of carbonyl (C=O) groups excluding carboxylic acids is 3. The van der Waals surface area contributed by atoms with E-state index in [4.69, 9.17) is 0 Å². The molecule has 1 aliphatic heterocycles. The van der Waals surface area contributed by atoms with Crippen molar-refractivity contribution >= 4 is 28.6 Å². The van der Waals surface area contributed by atoms with Gasteiger partial charge in [0, 0.05) is 0 Å². The summed E-state index contributed by atoms with van der Waals surface area (Å²) in [6.07, 6.45) is 0. The molecule has 130 valence electrons. The number of rotatable bonds is 4. The second-order valence-corrected chi connectivity index (χ2v) is 6.84. The summed E-state index contributed by atoms with van der Waals surface area (Å²) in [5.41, 5.74) is -0.00833. The van der Waals surface area contributed by atoms with Crippen LogP contribution in [0.15, 0.2) is 42.5 Å². The van der Waals surface area contributed by atoms with Crippen molar-refractivity contribution in [2.24, 2.45) is 0 Å². The number of carbonyl (C=O) groups is 3. The Bertz CT molecular complexity index is 860. The molecule has 0 bridgehead atoms. The average molecular weight is 339 g/mol. The highest BCUT2D eigenvalue weighted by Gasteiger charge is 2.44. The standard InChI is InChI=1S/C19H21N3O3/c1-12(14-9-8-13-6-4-5-7-15(13)10-14)20-16(23)11-22-17(24)19(2,3)21-18(22)25/h4-10,12H,11H2,1-3H3,(H,20,23)(H,21,25)/t12-/m0/s1. The zero-order chi connectivity index (χ0) is 18.2. The summed E-state index contributed by atoms with van der Waals surface area (Å²) in [6.45, 7) is 4.82. The van der Waals surface area contributed by atoms with Gasteiger partial charge in [0.25, 0.3) is 5.91 Å². The zero-order valence-electron chi connectivity index (χ0n) is 14.5. The van der Waals surface area contributed by atoms with Crippen molar-refractivity contribution in [3.05, 3.63) is 48.0 Å². The van der Waals surface area contributed by atoms with Gasteiger partial charge in [0.1, 0.15) is 12.1 Å². The topological polar surface area (TPSA) is 78.5 Å². The summed E-state index contributed by atoms with van der Waals surface area (Å²) in [7, 11) is 0. The average Bonchev–Trinajstić information content (AvgIpc) is 2.76. The quantitative estimate of drug-likeness (QED) is 0.839. The van der Waals surface area contributed by atoms with E-state index >= 15 is 0 Å². The minimum Gasteiger partial charge on any atom is -0.348 e. The van der Waals surface area contributed by atoms with E-state index < -0.39 is 17.5 Å². The molecule has 1 aliphatic rings. The van der Waals surface area contributed by atoms with Gasteiger partial charge in [0.05, 0.1) is 6.04 Å². The lowest BCUT2D eigenvalue weighted by Gasteiger charge is -2.18. The molecular weight excluding hydrogens is 318 g/mol. The van der Waals surface area contributed by atoms with E-state index in [9.17, 15) is 14.4 Å². The van der Waals surface area contributed by atoms with Gasteiger partial charge in [-0.05, 0) is 43.2 Å². The highest BCUT2D eigenvalue weighted by molar-refractivity contribution is 6.08. The molecule has 2 aromatic rings. The summed E-state index contributed by atoms with van der Waals surface area (Å²) in [4.78, 5) is 37.2. The molecule has 6 heteroatoms. The minimum absolute atomic E-state index is 0.231. The first-order valence-corrected chi connectivity index (χ1v) is 8.20. The first-order valence-electron chi connectivity index (χ1n) is 8.20. The normalized spacial score (nSPS) is 17.5. The molecule has 1 fully saturated rings. The molecule has 1 atom stereocenters. The number of hydrogen-bond donors (Lipinski definition) is 2. The van der Waals surface area contributed by atoms with Gasteiger partial charge < -0.3 is 10.6 Å².